The van der Waals surface area contributed by atoms with Gasteiger partial charge in [0, 0.05) is 24.3 Å². The van der Waals surface area contributed by atoms with Gasteiger partial charge in [-0.05, 0) is 18.6 Å². The number of carbonyl (C=O) groups is 1. The van der Waals surface area contributed by atoms with Crippen LogP contribution in [0.15, 0.2) is 24.3 Å². The molecular formula is C13H17N3OS. The molecule has 0 radical (unpaired) electrons. The van der Waals surface area contributed by atoms with Crippen molar-refractivity contribution in [1.82, 2.24) is 5.32 Å². The Bertz CT molecular complexity index is 475. The van der Waals surface area contributed by atoms with Crippen molar-refractivity contribution in [1.29, 1.82) is 0 Å². The predicted molar refractivity (Wildman–Crippen MR) is 76.8 cm³/mol. The molecule has 1 atom stereocenters. The van der Waals surface area contributed by atoms with Crippen molar-refractivity contribution in [2.24, 2.45) is 5.73 Å². The van der Waals surface area contributed by atoms with Crippen LogP contribution in [0.2, 0.25) is 0 Å². The van der Waals surface area contributed by atoms with Crippen molar-refractivity contribution in [3.05, 3.63) is 29.8 Å². The van der Waals surface area contributed by atoms with Crippen LogP contribution >= 0.6 is 12.2 Å². The van der Waals surface area contributed by atoms with Gasteiger partial charge in [0.2, 0.25) is 5.91 Å². The van der Waals surface area contributed by atoms with Gasteiger partial charge in [-0.3, -0.25) is 4.79 Å². The van der Waals surface area contributed by atoms with Crippen LogP contribution in [0.5, 0.6) is 0 Å². The van der Waals surface area contributed by atoms with Gasteiger partial charge < -0.3 is 16.0 Å². The van der Waals surface area contributed by atoms with E-state index < -0.39 is 0 Å². The molecule has 3 N–H and O–H groups in total. The van der Waals surface area contributed by atoms with E-state index in [4.69, 9.17) is 18.0 Å². The maximum Gasteiger partial charge on any atom is 0.242 e. The normalized spacial score (nSPS) is 19.5. The molecule has 2 rings (SSSR count). The van der Waals surface area contributed by atoms with Gasteiger partial charge in [-0.25, -0.2) is 0 Å². The molecular weight excluding hydrogens is 246 g/mol. The van der Waals surface area contributed by atoms with E-state index in [1.165, 1.54) is 0 Å². The van der Waals surface area contributed by atoms with E-state index in [0.29, 0.717) is 11.5 Å². The lowest BCUT2D eigenvalue weighted by molar-refractivity contribution is -0.123. The maximum absolute atomic E-state index is 11.9. The van der Waals surface area contributed by atoms with E-state index in [-0.39, 0.29) is 11.9 Å². The molecule has 5 heteroatoms. The number of nitrogens with one attached hydrogen (secondary N) is 1. The van der Waals surface area contributed by atoms with Crippen molar-refractivity contribution in [2.45, 2.75) is 19.4 Å². The third-order valence-corrected chi connectivity index (χ3v) is 3.42. The molecule has 4 nitrogen and oxygen atoms in total. The molecule has 1 aromatic rings. The highest BCUT2D eigenvalue weighted by Gasteiger charge is 2.29. The number of carbonyl (C=O) groups excluding carboxylic acids is 1. The van der Waals surface area contributed by atoms with Crippen molar-refractivity contribution >= 4 is 28.8 Å². The quantitative estimate of drug-likeness (QED) is 0.800. The smallest absolute Gasteiger partial charge is 0.242 e. The highest BCUT2D eigenvalue weighted by atomic mass is 32.1. The Balaban J connectivity index is 2.40. The van der Waals surface area contributed by atoms with Crippen molar-refractivity contribution < 1.29 is 4.79 Å². The first-order valence-corrected chi connectivity index (χ1v) is 6.49. The van der Waals surface area contributed by atoms with Crippen LogP contribution < -0.4 is 16.0 Å². The molecule has 1 aromatic carbocycles. The lowest BCUT2D eigenvalue weighted by atomic mass is 10.1. The average molecular weight is 263 g/mol. The van der Waals surface area contributed by atoms with Gasteiger partial charge in [-0.1, -0.05) is 31.3 Å². The number of benzene rings is 1. The molecule has 1 unspecified atom stereocenters. The van der Waals surface area contributed by atoms with Crippen molar-refractivity contribution in [3.8, 4) is 0 Å². The molecule has 1 amide bonds. The lowest BCUT2D eigenvalue weighted by Crippen LogP contribution is -2.55. The van der Waals surface area contributed by atoms with Gasteiger partial charge in [-0.15, -0.1) is 0 Å². The average Bonchev–Trinajstić information content (AvgIpc) is 2.38. The van der Waals surface area contributed by atoms with Crippen LogP contribution in [0.3, 0.4) is 0 Å². The number of para-hydroxylation sites is 1. The fourth-order valence-electron chi connectivity index (χ4n) is 2.34. The third-order valence-electron chi connectivity index (χ3n) is 3.20. The summed E-state index contributed by atoms with van der Waals surface area (Å²) in [6, 6.07) is 7.57. The molecule has 18 heavy (non-hydrogen) atoms. The monoisotopic (exact) mass is 263 g/mol. The second kappa shape index (κ2) is 5.35. The second-order valence-electron chi connectivity index (χ2n) is 4.29. The number of rotatable bonds is 3. The van der Waals surface area contributed by atoms with Crippen molar-refractivity contribution in [3.63, 3.8) is 0 Å². The van der Waals surface area contributed by atoms with Crippen LogP contribution in [0.1, 0.15) is 18.9 Å². The van der Waals surface area contributed by atoms with E-state index in [2.05, 4.69) is 10.2 Å². The Hall–Kier alpha value is -1.62. The van der Waals surface area contributed by atoms with Crippen LogP contribution in [0, 0.1) is 0 Å². The molecule has 0 spiro atoms. The summed E-state index contributed by atoms with van der Waals surface area (Å²) >= 11 is 5.07. The third kappa shape index (κ3) is 2.31. The zero-order valence-corrected chi connectivity index (χ0v) is 11.2. The number of hydrogen-bond donors (Lipinski definition) is 2. The van der Waals surface area contributed by atoms with E-state index in [9.17, 15) is 4.79 Å². The minimum Gasteiger partial charge on any atom is -0.389 e. The lowest BCUT2D eigenvalue weighted by Gasteiger charge is -2.37. The molecule has 1 saturated heterocycles. The summed E-state index contributed by atoms with van der Waals surface area (Å²) in [6.07, 6.45) is 0.761. The minimum atomic E-state index is -0.144. The summed E-state index contributed by atoms with van der Waals surface area (Å²) in [5.74, 6) is 0.0708. The molecule has 1 aliphatic rings. The predicted octanol–water partition coefficient (Wildman–Crippen LogP) is 1.04. The van der Waals surface area contributed by atoms with Crippen LogP contribution in [0.25, 0.3) is 0 Å². The first kappa shape index (κ1) is 12.8. The van der Waals surface area contributed by atoms with E-state index in [1.807, 2.05) is 31.2 Å². The number of hydrogen-bond acceptors (Lipinski definition) is 3. The molecule has 0 bridgehead atoms. The van der Waals surface area contributed by atoms with Crippen molar-refractivity contribution in [2.75, 3.05) is 18.0 Å². The number of nitrogens with two attached hydrogens (primary N) is 1. The van der Waals surface area contributed by atoms with Gasteiger partial charge >= 0.3 is 0 Å². The topological polar surface area (TPSA) is 58.4 Å². The summed E-state index contributed by atoms with van der Waals surface area (Å²) in [6.45, 7) is 3.44. The molecule has 1 fully saturated rings. The Kier molecular flexibility index (Phi) is 3.81. The minimum absolute atomic E-state index is 0.0708. The van der Waals surface area contributed by atoms with Crippen LogP contribution in [0.4, 0.5) is 5.69 Å². The Morgan fingerprint density at radius 3 is 2.94 bits per heavy atom. The standard InChI is InChI=1S/C13H17N3OS/c1-2-10-13(17)15-7-8-16(10)11-6-4-3-5-9(11)12(14)18/h3-6,10H,2,7-8H2,1H3,(H2,14,18)(H,15,17). The number of piperazine rings is 1. The zero-order valence-electron chi connectivity index (χ0n) is 10.3. The number of amides is 1. The van der Waals surface area contributed by atoms with Gasteiger partial charge in [0.05, 0.1) is 0 Å². The maximum atomic E-state index is 11.9. The van der Waals surface area contributed by atoms with Gasteiger partial charge in [0.25, 0.3) is 0 Å². The molecule has 0 saturated carbocycles. The first-order valence-electron chi connectivity index (χ1n) is 6.08. The number of thiocarbonyl (C=S) groups is 1. The van der Waals surface area contributed by atoms with Gasteiger partial charge in [-0.2, -0.15) is 0 Å². The Morgan fingerprint density at radius 1 is 1.56 bits per heavy atom. The zero-order chi connectivity index (χ0) is 13.1. The molecule has 0 aliphatic carbocycles. The van der Waals surface area contributed by atoms with E-state index in [0.717, 1.165) is 24.2 Å². The fraction of sp³-hybridized carbons (Fsp3) is 0.385. The molecule has 96 valence electrons. The SMILES string of the molecule is CCC1C(=O)NCCN1c1ccccc1C(N)=S. The molecule has 1 aliphatic heterocycles. The van der Waals surface area contributed by atoms with Gasteiger partial charge in [0.15, 0.2) is 0 Å². The number of anilines is 1. The second-order valence-corrected chi connectivity index (χ2v) is 4.73. The first-order chi connectivity index (χ1) is 8.65. The van der Waals surface area contributed by atoms with Crippen LogP contribution in [-0.4, -0.2) is 30.0 Å². The largest absolute Gasteiger partial charge is 0.389 e. The van der Waals surface area contributed by atoms with Gasteiger partial charge in [0.1, 0.15) is 11.0 Å². The molecule has 0 aromatic heterocycles. The van der Waals surface area contributed by atoms with E-state index in [1.54, 1.807) is 0 Å². The van der Waals surface area contributed by atoms with E-state index >= 15 is 0 Å². The van der Waals surface area contributed by atoms with Crippen LogP contribution in [-0.2, 0) is 4.79 Å². The highest BCUT2D eigenvalue weighted by Crippen LogP contribution is 2.24. The fourth-order valence-corrected chi connectivity index (χ4v) is 2.51. The summed E-state index contributed by atoms with van der Waals surface area (Å²) < 4.78 is 0. The summed E-state index contributed by atoms with van der Waals surface area (Å²) in [7, 11) is 0. The highest BCUT2D eigenvalue weighted by molar-refractivity contribution is 7.80. The number of nitrogens with zero attached hydrogens (tertiary/aromatic N) is 1. The summed E-state index contributed by atoms with van der Waals surface area (Å²) in [4.78, 5) is 14.3. The Morgan fingerprint density at radius 2 is 2.28 bits per heavy atom. The molecule has 1 heterocycles. The summed E-state index contributed by atoms with van der Waals surface area (Å²) in [5.41, 5.74) is 7.53. The Labute approximate surface area is 112 Å². The summed E-state index contributed by atoms with van der Waals surface area (Å²) in [5, 5.41) is 2.89.